The molecule has 5 heteroatoms. The Kier molecular flexibility index (Phi) is 5.58. The minimum absolute atomic E-state index is 0.496. The van der Waals surface area contributed by atoms with Crippen LogP contribution >= 0.6 is 11.8 Å². The lowest BCUT2D eigenvalue weighted by molar-refractivity contribution is 0.0996. The van der Waals surface area contributed by atoms with Gasteiger partial charge in [-0.05, 0) is 32.2 Å². The Balaban J connectivity index is 2.53. The maximum absolute atomic E-state index is 10.0. The largest absolute Gasteiger partial charge is 0.387 e. The number of hydrogen-bond acceptors (Lipinski definition) is 5. The standard InChI is InChI=1S/C12H21N3OS/c1-4-13-10-6-5-7-11(15-10)14-8-12(2,16)9-17-3/h5-7,16H,4,8-9H2,1-3H3,(H2,13,14,15). The van der Waals surface area contributed by atoms with Gasteiger partial charge in [0.05, 0.1) is 5.60 Å². The molecule has 0 saturated heterocycles. The van der Waals surface area contributed by atoms with Crippen LogP contribution in [0.25, 0.3) is 0 Å². The van der Waals surface area contributed by atoms with Crippen LogP contribution in [0, 0.1) is 0 Å². The Labute approximate surface area is 107 Å². The Morgan fingerprint density at radius 1 is 1.35 bits per heavy atom. The normalized spacial score (nSPS) is 14.1. The van der Waals surface area contributed by atoms with E-state index in [1.54, 1.807) is 11.8 Å². The van der Waals surface area contributed by atoms with Crippen LogP contribution in [0.1, 0.15) is 13.8 Å². The molecule has 1 aromatic heterocycles. The molecule has 1 unspecified atom stereocenters. The van der Waals surface area contributed by atoms with Crippen molar-refractivity contribution in [3.05, 3.63) is 18.2 Å². The van der Waals surface area contributed by atoms with Gasteiger partial charge in [-0.1, -0.05) is 6.07 Å². The van der Waals surface area contributed by atoms with E-state index in [0.717, 1.165) is 18.2 Å². The topological polar surface area (TPSA) is 57.2 Å². The molecule has 0 bridgehead atoms. The zero-order valence-corrected chi connectivity index (χ0v) is 11.5. The first kappa shape index (κ1) is 14.1. The van der Waals surface area contributed by atoms with E-state index in [-0.39, 0.29) is 0 Å². The van der Waals surface area contributed by atoms with Gasteiger partial charge in [0.25, 0.3) is 0 Å². The van der Waals surface area contributed by atoms with Crippen LogP contribution in [-0.2, 0) is 0 Å². The molecule has 0 aromatic carbocycles. The van der Waals surface area contributed by atoms with Crippen molar-refractivity contribution in [2.45, 2.75) is 19.4 Å². The predicted molar refractivity (Wildman–Crippen MR) is 75.9 cm³/mol. The lowest BCUT2D eigenvalue weighted by atomic mass is 10.1. The SMILES string of the molecule is CCNc1cccc(NCC(C)(O)CSC)n1. The van der Waals surface area contributed by atoms with Crippen molar-refractivity contribution in [3.63, 3.8) is 0 Å². The van der Waals surface area contributed by atoms with Crippen molar-refractivity contribution in [1.29, 1.82) is 0 Å². The molecule has 0 spiro atoms. The van der Waals surface area contributed by atoms with Crippen molar-refractivity contribution >= 4 is 23.4 Å². The fraction of sp³-hybridized carbons (Fsp3) is 0.583. The van der Waals surface area contributed by atoms with E-state index in [1.165, 1.54) is 0 Å². The van der Waals surface area contributed by atoms with Crippen LogP contribution in [0.4, 0.5) is 11.6 Å². The number of aliphatic hydroxyl groups is 1. The summed E-state index contributed by atoms with van der Waals surface area (Å²) in [6.07, 6.45) is 1.98. The van der Waals surface area contributed by atoms with Crippen molar-refractivity contribution in [2.75, 3.05) is 35.7 Å². The highest BCUT2D eigenvalue weighted by Crippen LogP contribution is 2.13. The van der Waals surface area contributed by atoms with E-state index in [1.807, 2.05) is 38.3 Å². The van der Waals surface area contributed by atoms with Gasteiger partial charge < -0.3 is 15.7 Å². The Hall–Kier alpha value is -0.940. The predicted octanol–water partition coefficient (Wildman–Crippen LogP) is 2.04. The van der Waals surface area contributed by atoms with Gasteiger partial charge in [0.15, 0.2) is 0 Å². The molecule has 17 heavy (non-hydrogen) atoms. The van der Waals surface area contributed by atoms with E-state index in [0.29, 0.717) is 12.3 Å². The summed E-state index contributed by atoms with van der Waals surface area (Å²) >= 11 is 1.63. The molecule has 0 aliphatic rings. The fourth-order valence-electron chi connectivity index (χ4n) is 1.46. The van der Waals surface area contributed by atoms with E-state index < -0.39 is 5.60 Å². The molecule has 1 aromatic rings. The Morgan fingerprint density at radius 3 is 2.59 bits per heavy atom. The minimum atomic E-state index is -0.713. The van der Waals surface area contributed by atoms with E-state index in [9.17, 15) is 5.11 Å². The summed E-state index contributed by atoms with van der Waals surface area (Å²) in [4.78, 5) is 4.39. The third-order valence-electron chi connectivity index (χ3n) is 2.21. The van der Waals surface area contributed by atoms with Gasteiger partial charge in [-0.15, -0.1) is 0 Å². The Bertz CT molecular complexity index is 344. The number of nitrogens with zero attached hydrogens (tertiary/aromatic N) is 1. The van der Waals surface area contributed by atoms with Crippen molar-refractivity contribution < 1.29 is 5.11 Å². The first-order chi connectivity index (χ1) is 8.07. The molecule has 1 rings (SSSR count). The molecule has 1 heterocycles. The minimum Gasteiger partial charge on any atom is -0.387 e. The number of hydrogen-bond donors (Lipinski definition) is 3. The summed E-state index contributed by atoms with van der Waals surface area (Å²) in [6, 6.07) is 5.77. The van der Waals surface area contributed by atoms with Gasteiger partial charge in [0.1, 0.15) is 11.6 Å². The highest BCUT2D eigenvalue weighted by Gasteiger charge is 2.19. The lowest BCUT2D eigenvalue weighted by Crippen LogP contribution is -2.36. The fourth-order valence-corrected chi connectivity index (χ4v) is 2.18. The Morgan fingerprint density at radius 2 is 2.00 bits per heavy atom. The van der Waals surface area contributed by atoms with Gasteiger partial charge in [0.2, 0.25) is 0 Å². The monoisotopic (exact) mass is 255 g/mol. The van der Waals surface area contributed by atoms with E-state index in [4.69, 9.17) is 0 Å². The summed E-state index contributed by atoms with van der Waals surface area (Å²) in [5.41, 5.74) is -0.713. The number of thioether (sulfide) groups is 1. The average molecular weight is 255 g/mol. The number of pyridine rings is 1. The summed E-state index contributed by atoms with van der Waals surface area (Å²) in [5.74, 6) is 2.33. The van der Waals surface area contributed by atoms with Gasteiger partial charge in [-0.3, -0.25) is 0 Å². The van der Waals surface area contributed by atoms with Crippen LogP contribution in [0.3, 0.4) is 0 Å². The van der Waals surface area contributed by atoms with Crippen molar-refractivity contribution in [1.82, 2.24) is 4.98 Å². The number of nitrogens with one attached hydrogen (secondary N) is 2. The maximum Gasteiger partial charge on any atom is 0.128 e. The molecule has 0 fully saturated rings. The number of aromatic nitrogens is 1. The van der Waals surface area contributed by atoms with Crippen molar-refractivity contribution in [3.8, 4) is 0 Å². The highest BCUT2D eigenvalue weighted by molar-refractivity contribution is 7.98. The molecule has 0 aliphatic heterocycles. The lowest BCUT2D eigenvalue weighted by Gasteiger charge is -2.22. The second-order valence-electron chi connectivity index (χ2n) is 4.22. The molecule has 3 N–H and O–H groups in total. The molecule has 4 nitrogen and oxygen atoms in total. The van der Waals surface area contributed by atoms with E-state index >= 15 is 0 Å². The van der Waals surface area contributed by atoms with Crippen LogP contribution in [0.2, 0.25) is 0 Å². The maximum atomic E-state index is 10.0. The number of anilines is 2. The molecule has 0 saturated carbocycles. The third kappa shape index (κ3) is 5.28. The van der Waals surface area contributed by atoms with Crippen LogP contribution in [0.15, 0.2) is 18.2 Å². The average Bonchev–Trinajstić information content (AvgIpc) is 2.28. The molecule has 96 valence electrons. The molecular weight excluding hydrogens is 234 g/mol. The second kappa shape index (κ2) is 6.71. The highest BCUT2D eigenvalue weighted by atomic mass is 32.2. The first-order valence-electron chi connectivity index (χ1n) is 5.73. The number of rotatable bonds is 7. The molecule has 0 amide bonds. The summed E-state index contributed by atoms with van der Waals surface area (Å²) in [6.45, 7) is 5.20. The van der Waals surface area contributed by atoms with Gasteiger partial charge >= 0.3 is 0 Å². The van der Waals surface area contributed by atoms with Gasteiger partial charge in [0, 0.05) is 18.8 Å². The molecular formula is C12H21N3OS. The van der Waals surface area contributed by atoms with Crippen LogP contribution in [-0.4, -0.2) is 40.8 Å². The summed E-state index contributed by atoms with van der Waals surface area (Å²) < 4.78 is 0. The van der Waals surface area contributed by atoms with Crippen LogP contribution in [0.5, 0.6) is 0 Å². The molecule has 0 radical (unpaired) electrons. The van der Waals surface area contributed by atoms with E-state index in [2.05, 4.69) is 15.6 Å². The third-order valence-corrected chi connectivity index (χ3v) is 3.12. The first-order valence-corrected chi connectivity index (χ1v) is 7.13. The van der Waals surface area contributed by atoms with Gasteiger partial charge in [-0.2, -0.15) is 11.8 Å². The van der Waals surface area contributed by atoms with Crippen LogP contribution < -0.4 is 10.6 Å². The molecule has 0 aliphatic carbocycles. The second-order valence-corrected chi connectivity index (χ2v) is 5.09. The molecule has 1 atom stereocenters. The summed E-state index contributed by atoms with van der Waals surface area (Å²) in [7, 11) is 0. The smallest absolute Gasteiger partial charge is 0.128 e. The van der Waals surface area contributed by atoms with Crippen molar-refractivity contribution in [2.24, 2.45) is 0 Å². The quantitative estimate of drug-likeness (QED) is 0.696. The zero-order chi connectivity index (χ0) is 12.7. The van der Waals surface area contributed by atoms with Gasteiger partial charge in [-0.25, -0.2) is 4.98 Å². The summed E-state index contributed by atoms with van der Waals surface area (Å²) in [5, 5.41) is 16.3. The zero-order valence-electron chi connectivity index (χ0n) is 10.7.